The molecule has 0 aliphatic heterocycles. The van der Waals surface area contributed by atoms with Gasteiger partial charge in [-0.15, -0.1) is 0 Å². The molecule has 3 aromatic rings. The summed E-state index contributed by atoms with van der Waals surface area (Å²) in [6.07, 6.45) is -1.54. The molecule has 3 aromatic carbocycles. The van der Waals surface area contributed by atoms with Crippen molar-refractivity contribution in [1.29, 1.82) is 5.26 Å². The topological polar surface area (TPSA) is 64.3 Å². The molecule has 1 amide bonds. The van der Waals surface area contributed by atoms with E-state index in [4.69, 9.17) is 16.9 Å². The number of aliphatic hydroxyl groups excluding tert-OH is 1. The van der Waals surface area contributed by atoms with E-state index in [-0.39, 0.29) is 5.02 Å². The molecule has 0 radical (unpaired) electrons. The first-order chi connectivity index (χ1) is 14.0. The summed E-state index contributed by atoms with van der Waals surface area (Å²) in [6, 6.07) is 23.1. The zero-order valence-corrected chi connectivity index (χ0v) is 16.4. The number of nitriles is 1. The van der Waals surface area contributed by atoms with Crippen molar-refractivity contribution in [2.24, 2.45) is 0 Å². The van der Waals surface area contributed by atoms with Crippen LogP contribution < -0.4 is 4.90 Å². The van der Waals surface area contributed by atoms with E-state index in [1.165, 1.54) is 17.0 Å². The van der Waals surface area contributed by atoms with Gasteiger partial charge in [0.25, 0.3) is 5.91 Å². The minimum Gasteiger partial charge on any atom is -0.372 e. The lowest BCUT2D eigenvalue weighted by atomic mass is 10.1. The van der Waals surface area contributed by atoms with Crippen molar-refractivity contribution in [3.63, 3.8) is 0 Å². The lowest BCUT2D eigenvalue weighted by Gasteiger charge is -2.26. The van der Waals surface area contributed by atoms with Crippen molar-refractivity contribution in [3.05, 3.63) is 94.5 Å². The molecule has 142 valence electrons. The summed E-state index contributed by atoms with van der Waals surface area (Å²) in [7, 11) is 0. The maximum Gasteiger partial charge on any atom is 0.272 e. The van der Waals surface area contributed by atoms with Crippen molar-refractivity contribution in [3.8, 4) is 17.9 Å². The smallest absolute Gasteiger partial charge is 0.272 e. The Bertz CT molecular complexity index is 1140. The van der Waals surface area contributed by atoms with Gasteiger partial charge in [0.2, 0.25) is 0 Å². The van der Waals surface area contributed by atoms with Gasteiger partial charge in [-0.3, -0.25) is 9.69 Å². The summed E-state index contributed by atoms with van der Waals surface area (Å²) >= 11 is 6.18. The van der Waals surface area contributed by atoms with E-state index in [1.54, 1.807) is 30.3 Å². The molecule has 0 bridgehead atoms. The second-order valence-corrected chi connectivity index (χ2v) is 6.68. The molecule has 5 heteroatoms. The lowest BCUT2D eigenvalue weighted by Crippen LogP contribution is -2.35. The maximum absolute atomic E-state index is 13.1. The Hall–Kier alpha value is -3.57. The summed E-state index contributed by atoms with van der Waals surface area (Å²) in [5.41, 5.74) is 2.87. The molecule has 1 unspecified atom stereocenters. The number of anilines is 2. The van der Waals surface area contributed by atoms with Gasteiger partial charge in [-0.05, 0) is 48.9 Å². The zero-order valence-electron chi connectivity index (χ0n) is 15.6. The van der Waals surface area contributed by atoms with Gasteiger partial charge < -0.3 is 5.11 Å². The first-order valence-electron chi connectivity index (χ1n) is 8.85. The number of aliphatic hydroxyl groups is 1. The number of rotatable bonds is 3. The molecular formula is C24H17ClN2O2. The van der Waals surface area contributed by atoms with Crippen LogP contribution in [0.3, 0.4) is 0 Å². The predicted molar refractivity (Wildman–Crippen MR) is 114 cm³/mol. The van der Waals surface area contributed by atoms with Gasteiger partial charge in [0, 0.05) is 5.56 Å². The average Bonchev–Trinajstić information content (AvgIpc) is 2.74. The Morgan fingerprint density at radius 1 is 1.07 bits per heavy atom. The molecule has 0 saturated heterocycles. The lowest BCUT2D eigenvalue weighted by molar-refractivity contribution is -0.123. The van der Waals surface area contributed by atoms with Crippen molar-refractivity contribution in [2.75, 3.05) is 4.90 Å². The monoisotopic (exact) mass is 400 g/mol. The van der Waals surface area contributed by atoms with Crippen LogP contribution in [0.4, 0.5) is 11.4 Å². The highest BCUT2D eigenvalue weighted by molar-refractivity contribution is 6.32. The van der Waals surface area contributed by atoms with E-state index in [9.17, 15) is 9.90 Å². The van der Waals surface area contributed by atoms with Gasteiger partial charge in [-0.25, -0.2) is 0 Å². The van der Waals surface area contributed by atoms with E-state index in [1.807, 2.05) is 43.3 Å². The SMILES string of the molecule is Cc1ccccc1N(C(=O)C(O)C#Cc1ccccc1)c1ccc(C#N)c(Cl)c1. The fourth-order valence-corrected chi connectivity index (χ4v) is 3.01. The molecule has 4 nitrogen and oxygen atoms in total. The highest BCUT2D eigenvalue weighted by Gasteiger charge is 2.25. The molecule has 1 N–H and O–H groups in total. The van der Waals surface area contributed by atoms with E-state index in [2.05, 4.69) is 11.8 Å². The van der Waals surface area contributed by atoms with Crippen molar-refractivity contribution in [2.45, 2.75) is 13.0 Å². The van der Waals surface area contributed by atoms with Crippen molar-refractivity contribution in [1.82, 2.24) is 0 Å². The minimum atomic E-state index is -1.54. The third-order valence-corrected chi connectivity index (χ3v) is 4.58. The molecule has 0 saturated carbocycles. The number of carbonyl (C=O) groups is 1. The van der Waals surface area contributed by atoms with Crippen LogP contribution in [-0.4, -0.2) is 17.1 Å². The Morgan fingerprint density at radius 3 is 2.41 bits per heavy atom. The first-order valence-corrected chi connectivity index (χ1v) is 9.23. The van der Waals surface area contributed by atoms with E-state index < -0.39 is 12.0 Å². The second-order valence-electron chi connectivity index (χ2n) is 6.27. The van der Waals surface area contributed by atoms with Gasteiger partial charge in [0.15, 0.2) is 6.10 Å². The molecule has 0 aliphatic rings. The largest absolute Gasteiger partial charge is 0.372 e. The summed E-state index contributed by atoms with van der Waals surface area (Å²) < 4.78 is 0. The van der Waals surface area contributed by atoms with Crippen LogP contribution in [0, 0.1) is 30.1 Å². The van der Waals surface area contributed by atoms with Gasteiger partial charge >= 0.3 is 0 Å². The quantitative estimate of drug-likeness (QED) is 0.653. The number of aryl methyl sites for hydroxylation is 1. The summed E-state index contributed by atoms with van der Waals surface area (Å²) in [5.74, 6) is 4.81. The van der Waals surface area contributed by atoms with Gasteiger partial charge in [-0.1, -0.05) is 59.8 Å². The van der Waals surface area contributed by atoms with Gasteiger partial charge in [0.1, 0.15) is 6.07 Å². The fraction of sp³-hybridized carbons (Fsp3) is 0.0833. The molecular weight excluding hydrogens is 384 g/mol. The Morgan fingerprint density at radius 2 is 1.76 bits per heavy atom. The number of benzene rings is 3. The average molecular weight is 401 g/mol. The highest BCUT2D eigenvalue weighted by atomic mass is 35.5. The number of para-hydroxylation sites is 1. The van der Waals surface area contributed by atoms with Gasteiger partial charge in [-0.2, -0.15) is 5.26 Å². The fourth-order valence-electron chi connectivity index (χ4n) is 2.79. The summed E-state index contributed by atoms with van der Waals surface area (Å²) in [6.45, 7) is 1.86. The van der Waals surface area contributed by atoms with Crippen LogP contribution in [0.15, 0.2) is 72.8 Å². The van der Waals surface area contributed by atoms with Crippen LogP contribution >= 0.6 is 11.6 Å². The second kappa shape index (κ2) is 9.08. The Balaban J connectivity index is 2.03. The molecule has 0 spiro atoms. The van der Waals surface area contributed by atoms with Crippen LogP contribution in [0.1, 0.15) is 16.7 Å². The van der Waals surface area contributed by atoms with Crippen LogP contribution in [0.2, 0.25) is 5.02 Å². The summed E-state index contributed by atoms with van der Waals surface area (Å²) in [4.78, 5) is 14.5. The standard InChI is InChI=1S/C24H17ClN2O2/c1-17-7-5-6-10-22(17)27(20-13-12-19(16-26)21(25)15-20)24(29)23(28)14-11-18-8-3-2-4-9-18/h2-10,12-13,15,23,28H,1H3. The highest BCUT2D eigenvalue weighted by Crippen LogP contribution is 2.32. The van der Waals surface area contributed by atoms with Gasteiger partial charge in [0.05, 0.1) is 22.0 Å². The zero-order chi connectivity index (χ0) is 20.8. The number of hydrogen-bond acceptors (Lipinski definition) is 3. The van der Waals surface area contributed by atoms with E-state index in [0.717, 1.165) is 5.56 Å². The molecule has 1 atom stereocenters. The molecule has 0 fully saturated rings. The number of carbonyl (C=O) groups excluding carboxylic acids is 1. The molecule has 29 heavy (non-hydrogen) atoms. The normalized spacial score (nSPS) is 11.0. The molecule has 0 heterocycles. The minimum absolute atomic E-state index is 0.223. The van der Waals surface area contributed by atoms with Crippen molar-refractivity contribution >= 4 is 28.9 Å². The third kappa shape index (κ3) is 4.65. The molecule has 0 aromatic heterocycles. The van der Waals surface area contributed by atoms with Crippen LogP contribution in [-0.2, 0) is 4.79 Å². The third-order valence-electron chi connectivity index (χ3n) is 4.27. The number of nitrogens with zero attached hydrogens (tertiary/aromatic N) is 2. The number of hydrogen-bond donors (Lipinski definition) is 1. The number of halogens is 1. The van der Waals surface area contributed by atoms with E-state index in [0.29, 0.717) is 22.5 Å². The van der Waals surface area contributed by atoms with Crippen molar-refractivity contribution < 1.29 is 9.90 Å². The maximum atomic E-state index is 13.1. The van der Waals surface area contributed by atoms with Crippen LogP contribution in [0.25, 0.3) is 0 Å². The molecule has 3 rings (SSSR count). The predicted octanol–water partition coefficient (Wildman–Crippen LogP) is 4.60. The summed E-state index contributed by atoms with van der Waals surface area (Å²) in [5, 5.41) is 19.8. The number of amides is 1. The van der Waals surface area contributed by atoms with Crippen LogP contribution in [0.5, 0.6) is 0 Å². The Kier molecular flexibility index (Phi) is 6.32. The molecule has 0 aliphatic carbocycles. The Labute approximate surface area is 174 Å². The van der Waals surface area contributed by atoms with E-state index >= 15 is 0 Å². The first kappa shape index (κ1) is 20.2.